The second kappa shape index (κ2) is 10.2. The van der Waals surface area contributed by atoms with E-state index in [0.29, 0.717) is 24.3 Å². The molecule has 0 spiro atoms. The molecule has 0 fully saturated rings. The molecule has 0 saturated carbocycles. The van der Waals surface area contributed by atoms with Crippen molar-refractivity contribution in [2.75, 3.05) is 31.8 Å². The average Bonchev–Trinajstić information content (AvgIpc) is 2.97. The van der Waals surface area contributed by atoms with Gasteiger partial charge in [-0.25, -0.2) is 8.78 Å². The molecule has 1 heterocycles. The van der Waals surface area contributed by atoms with Crippen molar-refractivity contribution in [2.45, 2.75) is 23.1 Å². The summed E-state index contributed by atoms with van der Waals surface area (Å²) in [6, 6.07) is 17.5. The third-order valence-electron chi connectivity index (χ3n) is 5.40. The summed E-state index contributed by atoms with van der Waals surface area (Å²) in [6.07, 6.45) is 0.710. The zero-order valence-corrected chi connectivity index (χ0v) is 18.6. The van der Waals surface area contributed by atoms with Gasteiger partial charge in [0, 0.05) is 34.9 Å². The summed E-state index contributed by atoms with van der Waals surface area (Å²) in [6.45, 7) is 1.64. The molecule has 1 unspecified atom stereocenters. The molecular weight excluding hydrogens is 432 g/mol. The average molecular weight is 458 g/mol. The molecule has 4 rings (SSSR count). The number of halogens is 2. The van der Waals surface area contributed by atoms with Crippen LogP contribution in [0.3, 0.4) is 0 Å². The predicted molar refractivity (Wildman–Crippen MR) is 123 cm³/mol. The second-order valence-electron chi connectivity index (χ2n) is 7.53. The predicted octanol–water partition coefficient (Wildman–Crippen LogP) is 5.59. The maximum atomic E-state index is 14.5. The summed E-state index contributed by atoms with van der Waals surface area (Å²) in [4.78, 5) is 3.27. The van der Waals surface area contributed by atoms with Gasteiger partial charge in [-0.05, 0) is 48.4 Å². The fraction of sp³-hybridized carbons (Fsp3) is 0.280. The highest BCUT2D eigenvalue weighted by Crippen LogP contribution is 2.47. The number of aliphatic hydroxyl groups excluding tert-OH is 1. The number of hydrogen-bond donors (Lipinski definition) is 1. The first kappa shape index (κ1) is 22.4. The van der Waals surface area contributed by atoms with Crippen LogP contribution >= 0.6 is 11.8 Å². The molecular formula is C25H25F2NO3S. The first-order chi connectivity index (χ1) is 15.6. The third kappa shape index (κ3) is 5.16. The number of thioether (sulfide) groups is 1. The van der Waals surface area contributed by atoms with Gasteiger partial charge < -0.3 is 19.5 Å². The van der Waals surface area contributed by atoms with Crippen LogP contribution in [0, 0.1) is 11.6 Å². The fourth-order valence-electron chi connectivity index (χ4n) is 3.80. The van der Waals surface area contributed by atoms with Gasteiger partial charge in [0.2, 0.25) is 0 Å². The van der Waals surface area contributed by atoms with Gasteiger partial charge in [-0.15, -0.1) is 11.8 Å². The molecule has 32 heavy (non-hydrogen) atoms. The van der Waals surface area contributed by atoms with Gasteiger partial charge >= 0.3 is 0 Å². The van der Waals surface area contributed by atoms with Crippen LogP contribution in [-0.2, 0) is 6.54 Å². The number of methoxy groups -OCH3 is 1. The lowest BCUT2D eigenvalue weighted by Crippen LogP contribution is -2.24. The van der Waals surface area contributed by atoms with E-state index < -0.39 is 11.6 Å². The maximum Gasteiger partial charge on any atom is 0.130 e. The SMILES string of the molecule is COc1ccc2c(c1)SC(c1ccc(F)cc1F)CCN2Cc1ccc(OCCO)cc1. The Bertz CT molecular complexity index is 1060. The van der Waals surface area contributed by atoms with E-state index in [1.807, 2.05) is 42.5 Å². The molecule has 3 aromatic carbocycles. The van der Waals surface area contributed by atoms with Gasteiger partial charge in [0.25, 0.3) is 0 Å². The molecule has 4 nitrogen and oxygen atoms in total. The summed E-state index contributed by atoms with van der Waals surface area (Å²) in [5.74, 6) is 0.367. The zero-order chi connectivity index (χ0) is 22.5. The van der Waals surface area contributed by atoms with Crippen LogP contribution in [0.2, 0.25) is 0 Å². The molecule has 0 aliphatic carbocycles. The summed E-state index contributed by atoms with van der Waals surface area (Å²) < 4.78 is 38.8. The van der Waals surface area contributed by atoms with Crippen molar-refractivity contribution in [2.24, 2.45) is 0 Å². The highest BCUT2D eigenvalue weighted by Gasteiger charge is 2.26. The lowest BCUT2D eigenvalue weighted by molar-refractivity contribution is 0.201. The quantitative estimate of drug-likeness (QED) is 0.501. The standard InChI is InChI=1S/C25H25F2NO3S/c1-30-20-7-9-23-25(15-20)32-24(21-8-4-18(26)14-22(21)27)10-11-28(23)16-17-2-5-19(6-3-17)31-13-12-29/h2-9,14-15,24,29H,10-13,16H2,1H3. The maximum absolute atomic E-state index is 14.5. The molecule has 0 bridgehead atoms. The van der Waals surface area contributed by atoms with Crippen LogP contribution in [0.5, 0.6) is 11.5 Å². The van der Waals surface area contributed by atoms with Gasteiger partial charge in [0.15, 0.2) is 0 Å². The number of anilines is 1. The second-order valence-corrected chi connectivity index (χ2v) is 8.78. The summed E-state index contributed by atoms with van der Waals surface area (Å²) in [5.41, 5.74) is 2.68. The van der Waals surface area contributed by atoms with Crippen LogP contribution in [0.25, 0.3) is 0 Å². The van der Waals surface area contributed by atoms with Crippen molar-refractivity contribution in [1.82, 2.24) is 0 Å². The molecule has 1 aliphatic heterocycles. The van der Waals surface area contributed by atoms with E-state index in [1.54, 1.807) is 24.9 Å². The van der Waals surface area contributed by atoms with Crippen molar-refractivity contribution in [1.29, 1.82) is 0 Å². The van der Waals surface area contributed by atoms with Crippen LogP contribution < -0.4 is 14.4 Å². The van der Waals surface area contributed by atoms with Crippen molar-refractivity contribution in [3.63, 3.8) is 0 Å². The van der Waals surface area contributed by atoms with E-state index in [9.17, 15) is 8.78 Å². The van der Waals surface area contributed by atoms with E-state index in [4.69, 9.17) is 14.6 Å². The van der Waals surface area contributed by atoms with Crippen molar-refractivity contribution >= 4 is 17.4 Å². The lowest BCUT2D eigenvalue weighted by Gasteiger charge is -2.25. The lowest BCUT2D eigenvalue weighted by atomic mass is 10.1. The number of ether oxygens (including phenoxy) is 2. The Hall–Kier alpha value is -2.77. The third-order valence-corrected chi connectivity index (χ3v) is 6.76. The number of fused-ring (bicyclic) bond motifs is 1. The normalized spacial score (nSPS) is 15.8. The Morgan fingerprint density at radius 1 is 1.03 bits per heavy atom. The Morgan fingerprint density at radius 2 is 1.81 bits per heavy atom. The number of hydrogen-bond acceptors (Lipinski definition) is 5. The van der Waals surface area contributed by atoms with Crippen molar-refractivity contribution in [3.8, 4) is 11.5 Å². The molecule has 0 radical (unpaired) electrons. The summed E-state index contributed by atoms with van der Waals surface area (Å²) in [5, 5.41) is 8.77. The first-order valence-corrected chi connectivity index (χ1v) is 11.3. The highest BCUT2D eigenvalue weighted by atomic mass is 32.2. The van der Waals surface area contributed by atoms with Gasteiger partial charge in [-0.1, -0.05) is 18.2 Å². The Kier molecular flexibility index (Phi) is 7.17. The summed E-state index contributed by atoms with van der Waals surface area (Å²) >= 11 is 1.58. The Morgan fingerprint density at radius 3 is 2.53 bits per heavy atom. The topological polar surface area (TPSA) is 41.9 Å². The van der Waals surface area contributed by atoms with Crippen LogP contribution in [0.1, 0.15) is 22.8 Å². The smallest absolute Gasteiger partial charge is 0.130 e. The zero-order valence-electron chi connectivity index (χ0n) is 17.8. The largest absolute Gasteiger partial charge is 0.497 e. The monoisotopic (exact) mass is 457 g/mol. The molecule has 0 saturated heterocycles. The molecule has 0 amide bonds. The van der Waals surface area contributed by atoms with Gasteiger partial charge in [-0.2, -0.15) is 0 Å². The Balaban J connectivity index is 1.60. The molecule has 7 heteroatoms. The molecule has 3 aromatic rings. The number of rotatable bonds is 7. The number of benzene rings is 3. The highest BCUT2D eigenvalue weighted by molar-refractivity contribution is 7.99. The minimum atomic E-state index is -0.569. The molecule has 168 valence electrons. The van der Waals surface area contributed by atoms with Gasteiger partial charge in [0.1, 0.15) is 29.7 Å². The molecule has 0 aromatic heterocycles. The molecule has 1 aliphatic rings. The van der Waals surface area contributed by atoms with E-state index in [-0.39, 0.29) is 18.5 Å². The first-order valence-electron chi connectivity index (χ1n) is 10.4. The van der Waals surface area contributed by atoms with Crippen LogP contribution in [0.15, 0.2) is 65.6 Å². The summed E-state index contributed by atoms with van der Waals surface area (Å²) in [7, 11) is 1.62. The minimum absolute atomic E-state index is 0.0245. The molecule has 1 N–H and O–H groups in total. The van der Waals surface area contributed by atoms with Crippen molar-refractivity contribution in [3.05, 3.63) is 83.4 Å². The van der Waals surface area contributed by atoms with E-state index in [1.165, 1.54) is 6.07 Å². The van der Waals surface area contributed by atoms with Gasteiger partial charge in [0.05, 0.1) is 19.4 Å². The van der Waals surface area contributed by atoms with Crippen molar-refractivity contribution < 1.29 is 23.4 Å². The van der Waals surface area contributed by atoms with E-state index >= 15 is 0 Å². The van der Waals surface area contributed by atoms with Crippen LogP contribution in [0.4, 0.5) is 14.5 Å². The fourth-order valence-corrected chi connectivity index (χ4v) is 5.15. The van der Waals surface area contributed by atoms with E-state index in [0.717, 1.165) is 34.5 Å². The Labute approximate surface area is 190 Å². The minimum Gasteiger partial charge on any atom is -0.497 e. The van der Waals surface area contributed by atoms with E-state index in [2.05, 4.69) is 4.90 Å². The van der Waals surface area contributed by atoms with Gasteiger partial charge in [-0.3, -0.25) is 0 Å². The molecule has 1 atom stereocenters. The number of aliphatic hydroxyl groups is 1. The van der Waals surface area contributed by atoms with Crippen LogP contribution in [-0.4, -0.2) is 32.0 Å². The number of nitrogens with zero attached hydrogens (tertiary/aromatic N) is 1.